The maximum Gasteiger partial charge on any atom is 0.236 e. The number of carbonyl (C=O) groups is 2. The third-order valence-corrected chi connectivity index (χ3v) is 8.28. The topological polar surface area (TPSA) is 60.9 Å². The second kappa shape index (κ2) is 9.95. The van der Waals surface area contributed by atoms with Gasteiger partial charge in [-0.15, -0.1) is 5.92 Å². The summed E-state index contributed by atoms with van der Waals surface area (Å²) in [5.41, 5.74) is 3.95. The van der Waals surface area contributed by atoms with Gasteiger partial charge in [0.05, 0.1) is 12.1 Å². The minimum atomic E-state index is -0.237. The van der Waals surface area contributed by atoms with Crippen molar-refractivity contribution in [2.45, 2.75) is 46.5 Å². The van der Waals surface area contributed by atoms with E-state index in [1.807, 2.05) is 49.6 Å². The number of aliphatic hydroxyl groups is 1. The minimum absolute atomic E-state index is 0.0184. The number of allylic oxidation sites excluding steroid dienone is 2. The van der Waals surface area contributed by atoms with E-state index >= 15 is 0 Å². The molecule has 1 aliphatic carbocycles. The van der Waals surface area contributed by atoms with Gasteiger partial charge in [-0.25, -0.2) is 0 Å². The molecule has 0 atom stereocenters. The summed E-state index contributed by atoms with van der Waals surface area (Å²) in [5.74, 6) is 8.61. The van der Waals surface area contributed by atoms with Crippen LogP contribution >= 0.6 is 11.8 Å². The van der Waals surface area contributed by atoms with Crippen molar-refractivity contribution in [3.63, 3.8) is 0 Å². The van der Waals surface area contributed by atoms with Crippen molar-refractivity contribution in [3.8, 4) is 11.8 Å². The number of hydrogen-bond acceptors (Lipinski definition) is 5. The molecule has 33 heavy (non-hydrogen) atoms. The highest BCUT2D eigenvalue weighted by atomic mass is 32.2. The molecule has 1 spiro atoms. The monoisotopic (exact) mass is 466 g/mol. The Labute approximate surface area is 201 Å². The largest absolute Gasteiger partial charge is 0.512 e. The molecule has 5 nitrogen and oxygen atoms in total. The molecule has 2 saturated heterocycles. The molecule has 0 radical (unpaired) electrons. The number of aliphatic hydroxyl groups excluding tert-OH is 1. The maximum atomic E-state index is 13.3. The third-order valence-electron chi connectivity index (χ3n) is 7.34. The number of piperidine rings is 1. The van der Waals surface area contributed by atoms with Crippen LogP contribution in [0.4, 0.5) is 0 Å². The quantitative estimate of drug-likeness (QED) is 0.683. The molecule has 0 saturated carbocycles. The van der Waals surface area contributed by atoms with Crippen molar-refractivity contribution < 1.29 is 14.7 Å². The molecule has 1 amide bonds. The first-order valence-corrected chi connectivity index (χ1v) is 13.0. The number of carbonyl (C=O) groups excluding carboxylic acids is 2. The number of hydrogen-bond donors (Lipinski definition) is 1. The molecular formula is C27H34N2O3S. The van der Waals surface area contributed by atoms with E-state index in [0.717, 1.165) is 59.7 Å². The van der Waals surface area contributed by atoms with Crippen LogP contribution < -0.4 is 0 Å². The Morgan fingerprint density at radius 1 is 1.09 bits per heavy atom. The fourth-order valence-electron chi connectivity index (χ4n) is 5.59. The van der Waals surface area contributed by atoms with Crippen molar-refractivity contribution in [2.75, 3.05) is 44.2 Å². The number of nitrogens with zero attached hydrogens (tertiary/aromatic N) is 2. The van der Waals surface area contributed by atoms with E-state index in [1.54, 1.807) is 0 Å². The summed E-state index contributed by atoms with van der Waals surface area (Å²) < 4.78 is 0. The molecule has 0 bridgehead atoms. The molecule has 0 aromatic heterocycles. The van der Waals surface area contributed by atoms with Crippen molar-refractivity contribution in [1.82, 2.24) is 9.80 Å². The first kappa shape index (κ1) is 23.9. The summed E-state index contributed by atoms with van der Waals surface area (Å²) in [6.45, 7) is 9.56. The van der Waals surface area contributed by atoms with Crippen LogP contribution in [0.1, 0.15) is 54.9 Å². The Morgan fingerprint density at radius 2 is 1.73 bits per heavy atom. The van der Waals surface area contributed by atoms with E-state index in [4.69, 9.17) is 0 Å². The van der Waals surface area contributed by atoms with Crippen LogP contribution in [-0.2, 0) is 9.59 Å². The predicted octanol–water partition coefficient (Wildman–Crippen LogP) is 3.96. The number of likely N-dealkylation sites (tertiary alicyclic amines) is 1. The van der Waals surface area contributed by atoms with Crippen LogP contribution in [0, 0.1) is 31.1 Å². The molecular weight excluding hydrogens is 432 g/mol. The zero-order chi connectivity index (χ0) is 23.6. The minimum Gasteiger partial charge on any atom is -0.512 e. The van der Waals surface area contributed by atoms with Crippen molar-refractivity contribution >= 4 is 29.0 Å². The zero-order valence-electron chi connectivity index (χ0n) is 20.0. The van der Waals surface area contributed by atoms with E-state index < -0.39 is 0 Å². The Bertz CT molecular complexity index is 1010. The SMILES string of the molecule is CC#Cc1cc(C)c(C2=C(O)CC3(CCN(C(=O)CN4CCSCC4)CC3)CC2=O)c(C)c1. The highest BCUT2D eigenvalue weighted by Crippen LogP contribution is 2.47. The second-order valence-electron chi connectivity index (χ2n) is 9.73. The third kappa shape index (κ3) is 5.15. The molecule has 0 unspecified atom stereocenters. The number of rotatable bonds is 3. The Hall–Kier alpha value is -2.23. The molecule has 1 aromatic carbocycles. The first-order valence-electron chi connectivity index (χ1n) is 11.9. The van der Waals surface area contributed by atoms with E-state index in [9.17, 15) is 14.7 Å². The van der Waals surface area contributed by atoms with Gasteiger partial charge in [0.2, 0.25) is 5.91 Å². The molecule has 4 rings (SSSR count). The molecule has 2 fully saturated rings. The van der Waals surface area contributed by atoms with Crippen molar-refractivity contribution in [2.24, 2.45) is 5.41 Å². The normalized spacial score (nSPS) is 21.2. The highest BCUT2D eigenvalue weighted by Gasteiger charge is 2.43. The van der Waals surface area contributed by atoms with Gasteiger partial charge in [0.15, 0.2) is 5.78 Å². The van der Waals surface area contributed by atoms with Crippen LogP contribution in [0.15, 0.2) is 17.9 Å². The van der Waals surface area contributed by atoms with Crippen molar-refractivity contribution in [3.05, 3.63) is 40.1 Å². The Balaban J connectivity index is 1.46. The van der Waals surface area contributed by atoms with Crippen molar-refractivity contribution in [1.29, 1.82) is 0 Å². The number of benzene rings is 1. The van der Waals surface area contributed by atoms with Gasteiger partial charge in [-0.2, -0.15) is 11.8 Å². The lowest BCUT2D eigenvalue weighted by atomic mass is 9.66. The Kier molecular flexibility index (Phi) is 7.21. The fourth-order valence-corrected chi connectivity index (χ4v) is 6.57. The van der Waals surface area contributed by atoms with Gasteiger partial charge >= 0.3 is 0 Å². The molecule has 2 heterocycles. The maximum absolute atomic E-state index is 13.3. The lowest BCUT2D eigenvalue weighted by Crippen LogP contribution is -2.49. The van der Waals surface area contributed by atoms with Crippen LogP contribution in [0.25, 0.3) is 5.57 Å². The number of Topliss-reactive ketones (excluding diaryl/α,β-unsaturated/α-hetero) is 1. The van der Waals surface area contributed by atoms with Crippen LogP contribution in [0.5, 0.6) is 0 Å². The molecule has 1 aromatic rings. The Morgan fingerprint density at radius 3 is 2.30 bits per heavy atom. The van der Waals surface area contributed by atoms with E-state index in [-0.39, 0.29) is 22.9 Å². The number of ketones is 1. The molecule has 176 valence electrons. The predicted molar refractivity (Wildman–Crippen MR) is 134 cm³/mol. The number of aryl methyl sites for hydroxylation is 2. The summed E-state index contributed by atoms with van der Waals surface area (Å²) in [6, 6.07) is 3.98. The van der Waals surface area contributed by atoms with Crippen LogP contribution in [0.3, 0.4) is 0 Å². The highest BCUT2D eigenvalue weighted by molar-refractivity contribution is 7.99. The summed E-state index contributed by atoms with van der Waals surface area (Å²) in [4.78, 5) is 30.3. The molecule has 1 N–H and O–H groups in total. The van der Waals surface area contributed by atoms with E-state index in [2.05, 4.69) is 16.7 Å². The van der Waals surface area contributed by atoms with Gasteiger partial charge < -0.3 is 10.0 Å². The second-order valence-corrected chi connectivity index (χ2v) is 11.0. The van der Waals surface area contributed by atoms with Crippen LogP contribution in [-0.4, -0.2) is 70.8 Å². The van der Waals surface area contributed by atoms with Gasteiger partial charge in [-0.05, 0) is 67.9 Å². The summed E-state index contributed by atoms with van der Waals surface area (Å²) in [7, 11) is 0. The number of thioether (sulfide) groups is 1. The average Bonchev–Trinajstić information content (AvgIpc) is 2.76. The summed E-state index contributed by atoms with van der Waals surface area (Å²) in [5, 5.41) is 11.1. The molecule has 6 heteroatoms. The van der Waals surface area contributed by atoms with Gasteiger partial charge in [0.1, 0.15) is 5.76 Å². The molecule has 3 aliphatic rings. The van der Waals surface area contributed by atoms with E-state index in [0.29, 0.717) is 38.0 Å². The summed E-state index contributed by atoms with van der Waals surface area (Å²) in [6.07, 6.45) is 2.48. The van der Waals surface area contributed by atoms with Gasteiger partial charge in [-0.1, -0.05) is 5.92 Å². The van der Waals surface area contributed by atoms with Gasteiger partial charge in [-0.3, -0.25) is 14.5 Å². The lowest BCUT2D eigenvalue weighted by Gasteiger charge is -2.44. The van der Waals surface area contributed by atoms with Gasteiger partial charge in [0.25, 0.3) is 0 Å². The summed E-state index contributed by atoms with van der Waals surface area (Å²) >= 11 is 1.95. The smallest absolute Gasteiger partial charge is 0.236 e. The molecule has 2 aliphatic heterocycles. The van der Waals surface area contributed by atoms with Gasteiger partial charge in [0, 0.05) is 56.1 Å². The standard InChI is InChI=1S/C27H34N2O3S/c1-4-5-21-14-19(2)25(20(3)15-21)26-22(30)16-27(17-23(26)31)6-8-29(9-7-27)24(32)18-28-10-12-33-13-11-28/h14-15,30H,6-13,16-18H2,1-3H3. The number of amides is 1. The fraction of sp³-hybridized carbons (Fsp3) is 0.556. The van der Waals surface area contributed by atoms with Crippen LogP contribution in [0.2, 0.25) is 0 Å². The zero-order valence-corrected chi connectivity index (χ0v) is 20.8. The average molecular weight is 467 g/mol. The van der Waals surface area contributed by atoms with E-state index in [1.165, 1.54) is 0 Å². The first-order chi connectivity index (χ1) is 15.8. The lowest BCUT2D eigenvalue weighted by molar-refractivity contribution is -0.135.